The molecule has 1 N–H and O–H groups in total. The number of aromatic carboxylic acids is 1. The lowest BCUT2D eigenvalue weighted by atomic mass is 9.99. The molecule has 2 rings (SSSR count). The molecule has 0 spiro atoms. The van der Waals surface area contributed by atoms with E-state index in [9.17, 15) is 9.59 Å². The maximum absolute atomic E-state index is 11.2. The standard InChI is InChI=1S/C16H14O4/c1-20-15-7-6-11(9-14(15)16(18)19)8-12-4-2-3-5-13(12)10-17/h2-7,9-10H,8H2,1H3,(H,18,19). The first-order valence-corrected chi connectivity index (χ1v) is 6.09. The van der Waals surface area contributed by atoms with E-state index in [2.05, 4.69) is 0 Å². The molecule has 2 aromatic carbocycles. The van der Waals surface area contributed by atoms with Crippen molar-refractivity contribution in [2.75, 3.05) is 7.11 Å². The molecule has 4 nitrogen and oxygen atoms in total. The van der Waals surface area contributed by atoms with E-state index in [1.807, 2.05) is 12.1 Å². The summed E-state index contributed by atoms with van der Waals surface area (Å²) in [4.78, 5) is 22.2. The highest BCUT2D eigenvalue weighted by Crippen LogP contribution is 2.22. The van der Waals surface area contributed by atoms with E-state index >= 15 is 0 Å². The van der Waals surface area contributed by atoms with Crippen molar-refractivity contribution >= 4 is 12.3 Å². The summed E-state index contributed by atoms with van der Waals surface area (Å²) >= 11 is 0. The predicted octanol–water partition coefficient (Wildman–Crippen LogP) is 2.80. The van der Waals surface area contributed by atoms with Crippen LogP contribution in [0, 0.1) is 0 Å². The van der Waals surface area contributed by atoms with Crippen LogP contribution >= 0.6 is 0 Å². The molecule has 4 heteroatoms. The van der Waals surface area contributed by atoms with Crippen LogP contribution < -0.4 is 4.74 Å². The lowest BCUT2D eigenvalue weighted by molar-refractivity contribution is 0.0693. The Hall–Kier alpha value is -2.62. The normalized spacial score (nSPS) is 10.1. The minimum Gasteiger partial charge on any atom is -0.496 e. The predicted molar refractivity (Wildman–Crippen MR) is 74.6 cm³/mol. The second kappa shape index (κ2) is 6.02. The Bertz CT molecular complexity index is 647. The van der Waals surface area contributed by atoms with E-state index in [0.717, 1.165) is 17.4 Å². The summed E-state index contributed by atoms with van der Waals surface area (Å²) in [6, 6.07) is 12.2. The van der Waals surface area contributed by atoms with Gasteiger partial charge in [0.2, 0.25) is 0 Å². The number of aldehydes is 1. The van der Waals surface area contributed by atoms with Crippen LogP contribution in [0.25, 0.3) is 0 Å². The van der Waals surface area contributed by atoms with Crippen molar-refractivity contribution < 1.29 is 19.4 Å². The molecule has 20 heavy (non-hydrogen) atoms. The quantitative estimate of drug-likeness (QED) is 0.848. The van der Waals surface area contributed by atoms with Crippen molar-refractivity contribution in [2.24, 2.45) is 0 Å². The number of hydrogen-bond acceptors (Lipinski definition) is 3. The zero-order valence-electron chi connectivity index (χ0n) is 11.0. The number of carboxylic acid groups (broad SMARTS) is 1. The fourth-order valence-electron chi connectivity index (χ4n) is 2.06. The van der Waals surface area contributed by atoms with Crippen molar-refractivity contribution in [3.05, 3.63) is 64.7 Å². The first-order chi connectivity index (χ1) is 9.65. The minimum absolute atomic E-state index is 0.119. The van der Waals surface area contributed by atoms with Gasteiger partial charge in [-0.2, -0.15) is 0 Å². The van der Waals surface area contributed by atoms with Crippen LogP contribution in [0.3, 0.4) is 0 Å². The van der Waals surface area contributed by atoms with Gasteiger partial charge in [-0.15, -0.1) is 0 Å². The number of hydrogen-bond donors (Lipinski definition) is 1. The number of ether oxygens (including phenoxy) is 1. The molecule has 0 aliphatic heterocycles. The molecule has 0 aromatic heterocycles. The van der Waals surface area contributed by atoms with Crippen LogP contribution in [0.1, 0.15) is 31.8 Å². The van der Waals surface area contributed by atoms with Gasteiger partial charge in [-0.1, -0.05) is 30.3 Å². The van der Waals surface area contributed by atoms with Gasteiger partial charge in [0.05, 0.1) is 7.11 Å². The summed E-state index contributed by atoms with van der Waals surface area (Å²) in [5, 5.41) is 9.15. The summed E-state index contributed by atoms with van der Waals surface area (Å²) in [6.07, 6.45) is 1.30. The Labute approximate surface area is 116 Å². The highest BCUT2D eigenvalue weighted by atomic mass is 16.5. The van der Waals surface area contributed by atoms with E-state index in [1.54, 1.807) is 30.3 Å². The molecule has 0 saturated heterocycles. The summed E-state index contributed by atoms with van der Waals surface area (Å²) in [6.45, 7) is 0. The van der Waals surface area contributed by atoms with E-state index < -0.39 is 5.97 Å². The lowest BCUT2D eigenvalue weighted by Crippen LogP contribution is -2.02. The molecular formula is C16H14O4. The Morgan fingerprint density at radius 1 is 1.25 bits per heavy atom. The molecule has 0 amide bonds. The van der Waals surface area contributed by atoms with Crippen LogP contribution in [-0.4, -0.2) is 24.5 Å². The zero-order valence-corrected chi connectivity index (χ0v) is 11.0. The van der Waals surface area contributed by atoms with Crippen LogP contribution in [0.4, 0.5) is 0 Å². The highest BCUT2D eigenvalue weighted by Gasteiger charge is 2.12. The second-order valence-corrected chi connectivity index (χ2v) is 4.33. The van der Waals surface area contributed by atoms with Crippen LogP contribution in [0.15, 0.2) is 42.5 Å². The average Bonchev–Trinajstić information content (AvgIpc) is 2.47. The number of carbonyl (C=O) groups excluding carboxylic acids is 1. The first kappa shape index (κ1) is 13.8. The fourth-order valence-corrected chi connectivity index (χ4v) is 2.06. The van der Waals surface area contributed by atoms with Crippen LogP contribution in [0.2, 0.25) is 0 Å². The third-order valence-electron chi connectivity index (χ3n) is 3.07. The van der Waals surface area contributed by atoms with E-state index in [4.69, 9.17) is 9.84 Å². The molecule has 0 fully saturated rings. The van der Waals surface area contributed by atoms with Gasteiger partial charge in [0.25, 0.3) is 0 Å². The van der Waals surface area contributed by atoms with Gasteiger partial charge in [0.15, 0.2) is 0 Å². The Kier molecular flexibility index (Phi) is 4.15. The zero-order chi connectivity index (χ0) is 14.5. The smallest absolute Gasteiger partial charge is 0.339 e. The molecule has 0 heterocycles. The van der Waals surface area contributed by atoms with Gasteiger partial charge in [0, 0.05) is 5.56 Å². The summed E-state index contributed by atoms with van der Waals surface area (Å²) in [5.74, 6) is -0.711. The number of carboxylic acids is 1. The van der Waals surface area contributed by atoms with Gasteiger partial charge < -0.3 is 9.84 Å². The van der Waals surface area contributed by atoms with Crippen molar-refractivity contribution in [3.8, 4) is 5.75 Å². The van der Waals surface area contributed by atoms with Gasteiger partial charge in [-0.05, 0) is 29.7 Å². The molecule has 0 unspecified atom stereocenters. The largest absolute Gasteiger partial charge is 0.496 e. The summed E-state index contributed by atoms with van der Waals surface area (Å²) in [5.41, 5.74) is 2.41. The monoisotopic (exact) mass is 270 g/mol. The summed E-state index contributed by atoms with van der Waals surface area (Å²) < 4.78 is 5.02. The first-order valence-electron chi connectivity index (χ1n) is 6.09. The maximum atomic E-state index is 11.2. The van der Waals surface area contributed by atoms with E-state index in [1.165, 1.54) is 7.11 Å². The number of benzene rings is 2. The fraction of sp³-hybridized carbons (Fsp3) is 0.125. The van der Waals surface area contributed by atoms with Crippen molar-refractivity contribution in [1.29, 1.82) is 0 Å². The van der Waals surface area contributed by atoms with Gasteiger partial charge in [-0.3, -0.25) is 4.79 Å². The van der Waals surface area contributed by atoms with Crippen molar-refractivity contribution in [1.82, 2.24) is 0 Å². The minimum atomic E-state index is -1.03. The number of methoxy groups -OCH3 is 1. The summed E-state index contributed by atoms with van der Waals surface area (Å²) in [7, 11) is 1.43. The lowest BCUT2D eigenvalue weighted by Gasteiger charge is -2.09. The molecular weight excluding hydrogens is 256 g/mol. The molecule has 102 valence electrons. The molecule has 0 bridgehead atoms. The molecule has 0 radical (unpaired) electrons. The van der Waals surface area contributed by atoms with Gasteiger partial charge in [-0.25, -0.2) is 4.79 Å². The van der Waals surface area contributed by atoms with Gasteiger partial charge in [0.1, 0.15) is 17.6 Å². The average molecular weight is 270 g/mol. The molecule has 0 aliphatic rings. The molecule has 0 aliphatic carbocycles. The van der Waals surface area contributed by atoms with E-state index in [-0.39, 0.29) is 5.56 Å². The van der Waals surface area contributed by atoms with E-state index in [0.29, 0.717) is 17.7 Å². The topological polar surface area (TPSA) is 63.6 Å². The Morgan fingerprint density at radius 2 is 2.00 bits per heavy atom. The number of rotatable bonds is 5. The highest BCUT2D eigenvalue weighted by molar-refractivity contribution is 5.91. The van der Waals surface area contributed by atoms with Crippen LogP contribution in [0.5, 0.6) is 5.75 Å². The Morgan fingerprint density at radius 3 is 2.65 bits per heavy atom. The molecule has 0 saturated carbocycles. The second-order valence-electron chi connectivity index (χ2n) is 4.33. The third-order valence-corrected chi connectivity index (χ3v) is 3.07. The van der Waals surface area contributed by atoms with Crippen molar-refractivity contribution in [2.45, 2.75) is 6.42 Å². The Balaban J connectivity index is 2.37. The SMILES string of the molecule is COc1ccc(Cc2ccccc2C=O)cc1C(=O)O. The van der Waals surface area contributed by atoms with Gasteiger partial charge >= 0.3 is 5.97 Å². The number of carbonyl (C=O) groups is 2. The molecule has 2 aromatic rings. The molecule has 0 atom stereocenters. The van der Waals surface area contributed by atoms with Crippen LogP contribution in [-0.2, 0) is 6.42 Å². The third kappa shape index (κ3) is 2.85. The maximum Gasteiger partial charge on any atom is 0.339 e. The van der Waals surface area contributed by atoms with Crippen molar-refractivity contribution in [3.63, 3.8) is 0 Å².